The predicted molar refractivity (Wildman–Crippen MR) is 143 cm³/mol. The van der Waals surface area contributed by atoms with Gasteiger partial charge in [-0.05, 0) is 93.6 Å². The molecule has 1 aliphatic rings. The number of pyridine rings is 1. The molecular weight excluding hydrogens is 480 g/mol. The van der Waals surface area contributed by atoms with E-state index in [1.165, 1.54) is 9.09 Å². The van der Waals surface area contributed by atoms with Gasteiger partial charge in [0.25, 0.3) is 0 Å². The summed E-state index contributed by atoms with van der Waals surface area (Å²) in [6.45, 7) is 4.57. The Morgan fingerprint density at radius 1 is 1.31 bits per heavy atom. The summed E-state index contributed by atoms with van der Waals surface area (Å²) in [6.07, 6.45) is 4.17. The van der Waals surface area contributed by atoms with E-state index in [0.29, 0.717) is 19.4 Å². The Balaban J connectivity index is 1.30. The van der Waals surface area contributed by atoms with Crippen LogP contribution in [0.3, 0.4) is 0 Å². The minimum absolute atomic E-state index is 0.0736. The highest BCUT2D eigenvalue weighted by Crippen LogP contribution is 2.34. The fourth-order valence-corrected chi connectivity index (χ4v) is 7.05. The molecule has 188 valence electrons. The van der Waals surface area contributed by atoms with E-state index in [1.807, 2.05) is 47.4 Å². The van der Waals surface area contributed by atoms with Crippen molar-refractivity contribution in [2.24, 2.45) is 11.8 Å². The van der Waals surface area contributed by atoms with E-state index in [4.69, 9.17) is 4.74 Å². The summed E-state index contributed by atoms with van der Waals surface area (Å²) in [7, 11) is 1.62. The van der Waals surface area contributed by atoms with Crippen LogP contribution in [0.5, 0.6) is 5.75 Å². The maximum absolute atomic E-state index is 12.1. The molecule has 2 aromatic heterocycles. The van der Waals surface area contributed by atoms with Gasteiger partial charge in [0.15, 0.2) is 0 Å². The molecule has 0 amide bonds. The average Bonchev–Trinajstić information content (AvgIpc) is 3.29. The number of carboxylic acids is 1. The van der Waals surface area contributed by atoms with Gasteiger partial charge < -0.3 is 19.8 Å². The molecule has 0 unspecified atom stereocenters. The molecule has 6 nitrogen and oxygen atoms in total. The summed E-state index contributed by atoms with van der Waals surface area (Å²) < 4.78 is 6.69. The number of hydrogen-bond acceptors (Lipinski definition) is 7. The Labute approximate surface area is 215 Å². The Morgan fingerprint density at radius 2 is 2.17 bits per heavy atom. The summed E-state index contributed by atoms with van der Waals surface area (Å²) in [5.41, 5.74) is 1.63. The fraction of sp³-hybridized carbons (Fsp3) is 0.481. The molecular formula is C27H34N2O4S2. The van der Waals surface area contributed by atoms with Crippen LogP contribution in [0.1, 0.15) is 42.2 Å². The van der Waals surface area contributed by atoms with Crippen LogP contribution in [0.25, 0.3) is 10.9 Å². The molecule has 0 radical (unpaired) electrons. The van der Waals surface area contributed by atoms with Crippen molar-refractivity contribution in [2.45, 2.75) is 42.9 Å². The van der Waals surface area contributed by atoms with Gasteiger partial charge in [-0.25, -0.2) is 0 Å². The van der Waals surface area contributed by atoms with Crippen molar-refractivity contribution in [3.05, 3.63) is 53.0 Å². The molecule has 0 spiro atoms. The lowest BCUT2D eigenvalue weighted by atomic mass is 9.81. The second kappa shape index (κ2) is 12.2. The third kappa shape index (κ3) is 6.76. The molecule has 3 heterocycles. The number of thioether (sulfide) groups is 1. The van der Waals surface area contributed by atoms with Crippen LogP contribution in [-0.2, 0) is 4.79 Å². The number of carbonyl (C=O) groups is 1. The topological polar surface area (TPSA) is 82.9 Å². The molecule has 1 aromatic carbocycles. The highest BCUT2D eigenvalue weighted by Gasteiger charge is 2.34. The summed E-state index contributed by atoms with van der Waals surface area (Å²) in [5.74, 6) is 0.731. The van der Waals surface area contributed by atoms with Gasteiger partial charge in [0.1, 0.15) is 5.75 Å². The molecule has 1 fully saturated rings. The number of ether oxygens (including phenoxy) is 1. The van der Waals surface area contributed by atoms with E-state index < -0.39 is 18.0 Å². The molecule has 0 saturated carbocycles. The predicted octanol–water partition coefficient (Wildman–Crippen LogP) is 5.63. The third-order valence-electron chi connectivity index (χ3n) is 6.89. The number of benzene rings is 1. The number of methoxy groups -OCH3 is 1. The monoisotopic (exact) mass is 514 g/mol. The Morgan fingerprint density at radius 3 is 2.91 bits per heavy atom. The number of aliphatic carboxylic acids is 1. The number of piperidine rings is 1. The number of aryl methyl sites for hydroxylation is 1. The smallest absolute Gasteiger partial charge is 0.308 e. The van der Waals surface area contributed by atoms with Crippen LogP contribution in [0.2, 0.25) is 0 Å². The van der Waals surface area contributed by atoms with Crippen molar-refractivity contribution < 1.29 is 19.7 Å². The molecule has 3 aromatic rings. The standard InChI is InChI=1S/C27H34N2O4S2/c1-18-4-9-26(35-18)34-15-3-13-29-14-11-19(23(17-29)27(31)32)5-8-25(30)21-10-12-28-24-7-6-20(33-2)16-22(21)24/h4,6-7,9-10,12,16,19,23,25,30H,3,5,8,11,13-15,17H2,1-2H3,(H,31,32)/t19-,23+,25+/m1/s1. The molecule has 8 heteroatoms. The number of aromatic nitrogens is 1. The van der Waals surface area contributed by atoms with Gasteiger partial charge in [0, 0.05) is 28.8 Å². The molecule has 3 atom stereocenters. The number of thiophene rings is 1. The molecule has 35 heavy (non-hydrogen) atoms. The summed E-state index contributed by atoms with van der Waals surface area (Å²) in [4.78, 5) is 20.1. The van der Waals surface area contributed by atoms with Crippen LogP contribution in [0.4, 0.5) is 0 Å². The molecule has 1 aliphatic heterocycles. The van der Waals surface area contributed by atoms with E-state index in [0.717, 1.165) is 53.9 Å². The first-order valence-electron chi connectivity index (χ1n) is 12.2. The lowest BCUT2D eigenvalue weighted by Crippen LogP contribution is -2.44. The number of likely N-dealkylation sites (tertiary alicyclic amines) is 1. The summed E-state index contributed by atoms with van der Waals surface area (Å²) in [5, 5.41) is 21.8. The zero-order chi connectivity index (χ0) is 24.8. The van der Waals surface area contributed by atoms with Gasteiger partial charge in [-0.3, -0.25) is 9.78 Å². The zero-order valence-electron chi connectivity index (χ0n) is 20.4. The Hall–Kier alpha value is -2.13. The molecule has 1 saturated heterocycles. The van der Waals surface area contributed by atoms with Gasteiger partial charge in [-0.2, -0.15) is 0 Å². The molecule has 0 bridgehead atoms. The molecule has 0 aliphatic carbocycles. The fourth-order valence-electron chi connectivity index (χ4n) is 4.94. The van der Waals surface area contributed by atoms with E-state index in [9.17, 15) is 15.0 Å². The normalized spacial score (nSPS) is 19.6. The number of aliphatic hydroxyl groups excluding tert-OH is 1. The number of aliphatic hydroxyl groups is 1. The maximum atomic E-state index is 12.1. The minimum Gasteiger partial charge on any atom is -0.497 e. The van der Waals surface area contributed by atoms with Gasteiger partial charge >= 0.3 is 5.97 Å². The van der Waals surface area contributed by atoms with Crippen molar-refractivity contribution in [2.75, 3.05) is 32.5 Å². The number of rotatable bonds is 11. The quantitative estimate of drug-likeness (QED) is 0.253. The molecule has 4 rings (SSSR count). The first-order valence-corrected chi connectivity index (χ1v) is 14.0. The highest BCUT2D eigenvalue weighted by atomic mass is 32.2. The number of fused-ring (bicyclic) bond motifs is 1. The lowest BCUT2D eigenvalue weighted by molar-refractivity contribution is -0.146. The van der Waals surface area contributed by atoms with Crippen molar-refractivity contribution in [1.29, 1.82) is 0 Å². The first kappa shape index (κ1) is 25.9. The summed E-state index contributed by atoms with van der Waals surface area (Å²) >= 11 is 3.71. The van der Waals surface area contributed by atoms with Gasteiger partial charge in [0.05, 0.1) is 28.9 Å². The second-order valence-electron chi connectivity index (χ2n) is 9.24. The van der Waals surface area contributed by atoms with Crippen LogP contribution >= 0.6 is 23.1 Å². The van der Waals surface area contributed by atoms with Crippen molar-refractivity contribution in [1.82, 2.24) is 9.88 Å². The third-order valence-corrected chi connectivity index (χ3v) is 9.20. The Kier molecular flexibility index (Phi) is 9.05. The average molecular weight is 515 g/mol. The van der Waals surface area contributed by atoms with Crippen molar-refractivity contribution >= 4 is 40.0 Å². The largest absolute Gasteiger partial charge is 0.497 e. The van der Waals surface area contributed by atoms with Crippen LogP contribution < -0.4 is 4.74 Å². The SMILES string of the molecule is COc1ccc2nccc([C@@H](O)CC[C@@H]3CCN(CCCSc4ccc(C)s4)C[C@@H]3C(=O)O)c2c1. The van der Waals surface area contributed by atoms with Crippen LogP contribution in [0, 0.1) is 18.8 Å². The van der Waals surface area contributed by atoms with E-state index in [2.05, 4.69) is 28.9 Å². The number of carboxylic acid groups (broad SMARTS) is 1. The van der Waals surface area contributed by atoms with Gasteiger partial charge in [-0.1, -0.05) is 0 Å². The lowest BCUT2D eigenvalue weighted by Gasteiger charge is -2.37. The van der Waals surface area contributed by atoms with E-state index in [1.54, 1.807) is 13.3 Å². The van der Waals surface area contributed by atoms with Crippen LogP contribution in [0.15, 0.2) is 46.8 Å². The van der Waals surface area contributed by atoms with Gasteiger partial charge in [0.2, 0.25) is 0 Å². The van der Waals surface area contributed by atoms with Crippen molar-refractivity contribution in [3.63, 3.8) is 0 Å². The summed E-state index contributed by atoms with van der Waals surface area (Å²) in [6, 6.07) is 11.8. The van der Waals surface area contributed by atoms with E-state index in [-0.39, 0.29) is 5.92 Å². The highest BCUT2D eigenvalue weighted by molar-refractivity contribution is 8.01. The minimum atomic E-state index is -0.725. The number of nitrogens with zero attached hydrogens (tertiary/aromatic N) is 2. The van der Waals surface area contributed by atoms with Crippen LogP contribution in [-0.4, -0.2) is 58.6 Å². The zero-order valence-corrected chi connectivity index (χ0v) is 22.0. The maximum Gasteiger partial charge on any atom is 0.308 e. The van der Waals surface area contributed by atoms with Gasteiger partial charge in [-0.15, -0.1) is 23.1 Å². The Bertz CT molecular complexity index is 1140. The first-order chi connectivity index (χ1) is 16.9. The second-order valence-corrected chi connectivity index (χ2v) is 11.9. The van der Waals surface area contributed by atoms with Crippen molar-refractivity contribution in [3.8, 4) is 5.75 Å². The van der Waals surface area contributed by atoms with E-state index >= 15 is 0 Å². The number of hydrogen-bond donors (Lipinski definition) is 2. The molecule has 2 N–H and O–H groups in total.